The maximum Gasteiger partial charge on any atom is 0.277 e. The molecule has 0 unspecified atom stereocenters. The van der Waals surface area contributed by atoms with Crippen LogP contribution in [0, 0.1) is 0 Å². The van der Waals surface area contributed by atoms with E-state index in [9.17, 15) is 4.79 Å². The van der Waals surface area contributed by atoms with E-state index in [4.69, 9.17) is 15.2 Å². The predicted octanol–water partition coefficient (Wildman–Crippen LogP) is 1.28. The van der Waals surface area contributed by atoms with E-state index in [0.29, 0.717) is 36.1 Å². The maximum absolute atomic E-state index is 11.8. The number of rotatable bonds is 2. The third-order valence-electron chi connectivity index (χ3n) is 2.63. The summed E-state index contributed by atoms with van der Waals surface area (Å²) >= 11 is 0. The Kier molecular flexibility index (Phi) is 2.71. The Balaban J connectivity index is 1.87. The van der Waals surface area contributed by atoms with Gasteiger partial charge >= 0.3 is 0 Å². The van der Waals surface area contributed by atoms with Gasteiger partial charge in [-0.05, 0) is 0 Å². The van der Waals surface area contributed by atoms with Crippen molar-refractivity contribution in [3.05, 3.63) is 30.2 Å². The normalized spacial score (nSPS) is 13.1. The van der Waals surface area contributed by atoms with Crippen LogP contribution in [-0.4, -0.2) is 24.3 Å². The molecule has 0 saturated carbocycles. The van der Waals surface area contributed by atoms with Crippen molar-refractivity contribution in [3.63, 3.8) is 0 Å². The minimum atomic E-state index is -0.405. The van der Waals surface area contributed by atoms with Gasteiger partial charge in [0, 0.05) is 18.2 Å². The van der Waals surface area contributed by atoms with Gasteiger partial charge < -0.3 is 25.0 Å². The fraction of sp³-hybridized carbons (Fsp3) is 0.167. The Morgan fingerprint density at radius 2 is 2.00 bits per heavy atom. The summed E-state index contributed by atoms with van der Waals surface area (Å²) in [6.07, 6.45) is 1.32. The molecule has 3 rings (SSSR count). The zero-order valence-electron chi connectivity index (χ0n) is 9.88. The zero-order valence-corrected chi connectivity index (χ0v) is 9.88. The van der Waals surface area contributed by atoms with Gasteiger partial charge in [-0.1, -0.05) is 5.16 Å². The highest BCUT2D eigenvalue weighted by molar-refractivity contribution is 6.04. The highest BCUT2D eigenvalue weighted by Crippen LogP contribution is 2.37. The number of hydrogen-bond acceptors (Lipinski definition) is 6. The summed E-state index contributed by atoms with van der Waals surface area (Å²) in [4.78, 5) is 11.8. The first-order valence-corrected chi connectivity index (χ1v) is 5.65. The van der Waals surface area contributed by atoms with Crippen LogP contribution in [0.4, 0.5) is 11.4 Å². The molecule has 2 aromatic rings. The van der Waals surface area contributed by atoms with Gasteiger partial charge in [0.15, 0.2) is 17.2 Å². The highest BCUT2D eigenvalue weighted by atomic mass is 16.6. The Morgan fingerprint density at radius 1 is 1.26 bits per heavy atom. The lowest BCUT2D eigenvalue weighted by atomic mass is 10.2. The van der Waals surface area contributed by atoms with Crippen molar-refractivity contribution in [1.82, 2.24) is 5.16 Å². The van der Waals surface area contributed by atoms with Gasteiger partial charge in [0.1, 0.15) is 19.5 Å². The molecule has 1 aromatic carbocycles. The number of anilines is 2. The average molecular weight is 261 g/mol. The van der Waals surface area contributed by atoms with Crippen molar-refractivity contribution in [3.8, 4) is 11.5 Å². The Morgan fingerprint density at radius 3 is 2.68 bits per heavy atom. The molecule has 1 amide bonds. The molecular formula is C12H11N3O4. The van der Waals surface area contributed by atoms with Gasteiger partial charge in [0.25, 0.3) is 5.91 Å². The third kappa shape index (κ3) is 2.17. The second kappa shape index (κ2) is 4.52. The lowest BCUT2D eigenvalue weighted by Crippen LogP contribution is -2.17. The van der Waals surface area contributed by atoms with Crippen LogP contribution in [0.2, 0.25) is 0 Å². The number of fused-ring (bicyclic) bond motifs is 1. The van der Waals surface area contributed by atoms with Crippen molar-refractivity contribution in [2.24, 2.45) is 0 Å². The quantitative estimate of drug-likeness (QED) is 0.790. The molecule has 0 radical (unpaired) electrons. The van der Waals surface area contributed by atoms with Crippen LogP contribution in [0.1, 0.15) is 10.5 Å². The first-order chi connectivity index (χ1) is 9.24. The summed E-state index contributed by atoms with van der Waals surface area (Å²) < 4.78 is 15.4. The molecule has 0 saturated heterocycles. The molecular weight excluding hydrogens is 250 g/mol. The van der Waals surface area contributed by atoms with E-state index in [1.54, 1.807) is 12.1 Å². The predicted molar refractivity (Wildman–Crippen MR) is 66.3 cm³/mol. The number of ether oxygens (including phenoxy) is 2. The zero-order chi connectivity index (χ0) is 13.2. The highest BCUT2D eigenvalue weighted by Gasteiger charge is 2.17. The number of benzene rings is 1. The van der Waals surface area contributed by atoms with E-state index in [0.717, 1.165) is 0 Å². The van der Waals surface area contributed by atoms with E-state index in [1.807, 2.05) is 0 Å². The lowest BCUT2D eigenvalue weighted by Gasteiger charge is -2.20. The number of carbonyl (C=O) groups excluding carboxylic acids is 1. The minimum absolute atomic E-state index is 0.175. The van der Waals surface area contributed by atoms with Crippen LogP contribution in [-0.2, 0) is 0 Å². The van der Waals surface area contributed by atoms with Gasteiger partial charge in [0.05, 0.1) is 11.4 Å². The Hall–Kier alpha value is -2.70. The van der Waals surface area contributed by atoms with Gasteiger partial charge in [-0.2, -0.15) is 0 Å². The molecule has 2 heterocycles. The van der Waals surface area contributed by atoms with Crippen molar-refractivity contribution >= 4 is 17.3 Å². The summed E-state index contributed by atoms with van der Waals surface area (Å²) in [5.74, 6) is 0.719. The standard InChI is InChI=1S/C12H11N3O4/c13-7-5-10-11(18-4-3-17-10)6-9(7)14-12(16)8-1-2-19-15-8/h1-2,5-6H,3-4,13H2,(H,14,16). The van der Waals surface area contributed by atoms with Crippen molar-refractivity contribution < 1.29 is 18.8 Å². The van der Waals surface area contributed by atoms with Crippen molar-refractivity contribution in [2.45, 2.75) is 0 Å². The van der Waals surface area contributed by atoms with Crippen LogP contribution < -0.4 is 20.5 Å². The van der Waals surface area contributed by atoms with Crippen LogP contribution in [0.15, 0.2) is 29.0 Å². The van der Waals surface area contributed by atoms with Crippen LogP contribution >= 0.6 is 0 Å². The molecule has 0 spiro atoms. The van der Waals surface area contributed by atoms with Crippen molar-refractivity contribution in [2.75, 3.05) is 24.3 Å². The lowest BCUT2D eigenvalue weighted by molar-refractivity contribution is 0.101. The van der Waals surface area contributed by atoms with Gasteiger partial charge in [-0.25, -0.2) is 0 Å². The number of nitrogens with zero attached hydrogens (tertiary/aromatic N) is 1. The summed E-state index contributed by atoms with van der Waals surface area (Å²) in [5, 5.41) is 6.19. The fourth-order valence-corrected chi connectivity index (χ4v) is 1.73. The minimum Gasteiger partial charge on any atom is -0.486 e. The van der Waals surface area contributed by atoms with Gasteiger partial charge in [-0.15, -0.1) is 0 Å². The van der Waals surface area contributed by atoms with Crippen LogP contribution in [0.5, 0.6) is 11.5 Å². The molecule has 7 nitrogen and oxygen atoms in total. The second-order valence-electron chi connectivity index (χ2n) is 3.92. The molecule has 1 aliphatic rings. The summed E-state index contributed by atoms with van der Waals surface area (Å²) in [6.45, 7) is 0.949. The van der Waals surface area contributed by atoms with Gasteiger partial charge in [0.2, 0.25) is 0 Å². The van der Waals surface area contributed by atoms with E-state index in [-0.39, 0.29) is 5.69 Å². The SMILES string of the molecule is Nc1cc2c(cc1NC(=O)c1ccon1)OCCO2. The molecule has 0 bridgehead atoms. The number of carbonyl (C=O) groups is 1. The van der Waals surface area contributed by atoms with E-state index in [2.05, 4.69) is 15.0 Å². The molecule has 19 heavy (non-hydrogen) atoms. The topological polar surface area (TPSA) is 99.6 Å². The molecule has 3 N–H and O–H groups in total. The van der Waals surface area contributed by atoms with Crippen LogP contribution in [0.3, 0.4) is 0 Å². The fourth-order valence-electron chi connectivity index (χ4n) is 1.73. The first-order valence-electron chi connectivity index (χ1n) is 5.65. The number of nitrogen functional groups attached to an aromatic ring is 1. The Labute approximate surface area is 108 Å². The number of nitrogens with two attached hydrogens (primary N) is 1. The second-order valence-corrected chi connectivity index (χ2v) is 3.92. The summed E-state index contributed by atoms with van der Waals surface area (Å²) in [5.41, 5.74) is 6.86. The first kappa shape index (κ1) is 11.4. The molecule has 1 aliphatic heterocycles. The smallest absolute Gasteiger partial charge is 0.277 e. The molecule has 1 aromatic heterocycles. The molecule has 7 heteroatoms. The summed E-state index contributed by atoms with van der Waals surface area (Å²) in [7, 11) is 0. The summed E-state index contributed by atoms with van der Waals surface area (Å²) in [6, 6.07) is 4.71. The number of amides is 1. The van der Waals surface area contributed by atoms with Gasteiger partial charge in [-0.3, -0.25) is 4.79 Å². The van der Waals surface area contributed by atoms with E-state index in [1.165, 1.54) is 12.3 Å². The number of aromatic nitrogens is 1. The largest absolute Gasteiger partial charge is 0.486 e. The van der Waals surface area contributed by atoms with Crippen molar-refractivity contribution in [1.29, 1.82) is 0 Å². The maximum atomic E-state index is 11.8. The third-order valence-corrected chi connectivity index (χ3v) is 2.63. The number of nitrogens with one attached hydrogen (secondary N) is 1. The number of hydrogen-bond donors (Lipinski definition) is 2. The van der Waals surface area contributed by atoms with E-state index >= 15 is 0 Å². The molecule has 98 valence electrons. The molecule has 0 aliphatic carbocycles. The van der Waals surface area contributed by atoms with Crippen LogP contribution in [0.25, 0.3) is 0 Å². The molecule has 0 fully saturated rings. The monoisotopic (exact) mass is 261 g/mol. The molecule has 0 atom stereocenters. The average Bonchev–Trinajstić information content (AvgIpc) is 2.93. The Bertz CT molecular complexity index is 610. The van der Waals surface area contributed by atoms with E-state index < -0.39 is 5.91 Å².